The van der Waals surface area contributed by atoms with E-state index in [4.69, 9.17) is 0 Å². The Bertz CT molecular complexity index is 1110. The van der Waals surface area contributed by atoms with Gasteiger partial charge >= 0.3 is 0 Å². The summed E-state index contributed by atoms with van der Waals surface area (Å²) in [5.41, 5.74) is 1.54. The zero-order chi connectivity index (χ0) is 22.1. The molecule has 0 bridgehead atoms. The van der Waals surface area contributed by atoms with Crippen molar-refractivity contribution < 1.29 is 14.3 Å². The monoisotopic (exact) mass is 432 g/mol. The van der Waals surface area contributed by atoms with Crippen LogP contribution in [0.25, 0.3) is 11.1 Å². The molecule has 32 heavy (non-hydrogen) atoms. The van der Waals surface area contributed by atoms with E-state index in [0.717, 1.165) is 6.42 Å². The molecule has 0 radical (unpaired) electrons. The van der Waals surface area contributed by atoms with Crippen LogP contribution in [-0.2, 0) is 0 Å². The number of hydrogen-bond donors (Lipinski definition) is 2. The van der Waals surface area contributed by atoms with Gasteiger partial charge in [0.2, 0.25) is 0 Å². The zero-order valence-electron chi connectivity index (χ0n) is 17.6. The number of amides is 1. The van der Waals surface area contributed by atoms with Gasteiger partial charge in [-0.05, 0) is 42.4 Å². The third-order valence-corrected chi connectivity index (χ3v) is 6.65. The molecule has 2 fully saturated rings. The minimum Gasteiger partial charge on any atom is -0.391 e. The maximum absolute atomic E-state index is 14.4. The van der Waals surface area contributed by atoms with Crippen LogP contribution in [-0.4, -0.2) is 51.1 Å². The first-order valence-corrected chi connectivity index (χ1v) is 10.9. The summed E-state index contributed by atoms with van der Waals surface area (Å²) >= 11 is 0. The molecule has 6 nitrogen and oxygen atoms in total. The van der Waals surface area contributed by atoms with Crippen LogP contribution in [0.15, 0.2) is 67.1 Å². The lowest BCUT2D eigenvalue weighted by Gasteiger charge is -2.35. The standard InChI is InChI=1S/C25H25FN4O2/c26-21-8-4-3-6-19(21)18-5-1-2-7-20(18)25(32)30-14-16-11-22(23(31)12-17(16)15-30)29-24-13-27-9-10-28-24/h1-10,13,16-17,22-23,31H,11-12,14-15H2,(H,28,29)/t16-,17+,22-,23-/m1/s1. The van der Waals surface area contributed by atoms with Crippen LogP contribution in [0.3, 0.4) is 0 Å². The highest BCUT2D eigenvalue weighted by Crippen LogP contribution is 2.38. The minimum absolute atomic E-state index is 0.0915. The molecule has 164 valence electrons. The van der Waals surface area contributed by atoms with Crippen molar-refractivity contribution in [3.8, 4) is 11.1 Å². The average Bonchev–Trinajstić information content (AvgIpc) is 3.22. The zero-order valence-corrected chi connectivity index (χ0v) is 17.6. The number of carbonyl (C=O) groups excluding carboxylic acids is 1. The number of halogens is 1. The van der Waals surface area contributed by atoms with E-state index in [9.17, 15) is 14.3 Å². The Hall–Kier alpha value is -3.32. The number of aliphatic hydroxyl groups excluding tert-OH is 1. The lowest BCUT2D eigenvalue weighted by Crippen LogP contribution is -2.43. The Morgan fingerprint density at radius 3 is 2.47 bits per heavy atom. The Balaban J connectivity index is 1.33. The molecule has 5 rings (SSSR count). The van der Waals surface area contributed by atoms with Gasteiger partial charge in [0.15, 0.2) is 0 Å². The number of hydrogen-bond acceptors (Lipinski definition) is 5. The van der Waals surface area contributed by atoms with Crippen LogP contribution in [0, 0.1) is 17.7 Å². The molecule has 2 heterocycles. The van der Waals surface area contributed by atoms with E-state index in [-0.39, 0.29) is 29.6 Å². The van der Waals surface area contributed by atoms with Gasteiger partial charge in [-0.3, -0.25) is 9.78 Å². The van der Waals surface area contributed by atoms with Crippen molar-refractivity contribution in [3.63, 3.8) is 0 Å². The summed E-state index contributed by atoms with van der Waals surface area (Å²) in [5, 5.41) is 14.0. The molecule has 4 atom stereocenters. The summed E-state index contributed by atoms with van der Waals surface area (Å²) < 4.78 is 14.4. The highest BCUT2D eigenvalue weighted by molar-refractivity contribution is 6.01. The van der Waals surface area contributed by atoms with Crippen LogP contribution < -0.4 is 5.32 Å². The van der Waals surface area contributed by atoms with Crippen LogP contribution in [0.5, 0.6) is 0 Å². The summed E-state index contributed by atoms with van der Waals surface area (Å²) in [6, 6.07) is 13.6. The molecular formula is C25H25FN4O2. The predicted molar refractivity (Wildman–Crippen MR) is 119 cm³/mol. The van der Waals surface area contributed by atoms with Crippen molar-refractivity contribution in [2.45, 2.75) is 25.0 Å². The van der Waals surface area contributed by atoms with E-state index in [1.165, 1.54) is 6.07 Å². The average molecular weight is 432 g/mol. The van der Waals surface area contributed by atoms with Gasteiger partial charge in [0.1, 0.15) is 11.6 Å². The molecule has 1 amide bonds. The van der Waals surface area contributed by atoms with Crippen LogP contribution in [0.4, 0.5) is 10.2 Å². The highest BCUT2D eigenvalue weighted by atomic mass is 19.1. The fourth-order valence-electron chi connectivity index (χ4n) is 5.07. The van der Waals surface area contributed by atoms with E-state index >= 15 is 0 Å². The maximum atomic E-state index is 14.4. The number of anilines is 1. The molecule has 0 unspecified atom stereocenters. The van der Waals surface area contributed by atoms with Gasteiger partial charge in [0.05, 0.1) is 18.3 Å². The largest absolute Gasteiger partial charge is 0.391 e. The molecule has 1 saturated heterocycles. The van der Waals surface area contributed by atoms with Crippen molar-refractivity contribution in [3.05, 3.63) is 78.5 Å². The van der Waals surface area contributed by atoms with Crippen molar-refractivity contribution in [1.29, 1.82) is 0 Å². The van der Waals surface area contributed by atoms with Gasteiger partial charge in [-0.1, -0.05) is 36.4 Å². The SMILES string of the molecule is O=C(c1ccccc1-c1ccccc1F)N1C[C@H]2C[C@@H](Nc3cnccn3)[C@H](O)C[C@H]2C1. The number of benzene rings is 2. The quantitative estimate of drug-likeness (QED) is 0.659. The number of nitrogens with zero attached hydrogens (tertiary/aromatic N) is 3. The van der Waals surface area contributed by atoms with Crippen LogP contribution in [0.2, 0.25) is 0 Å². The number of rotatable bonds is 4. The first-order valence-electron chi connectivity index (χ1n) is 10.9. The summed E-state index contributed by atoms with van der Waals surface area (Å²) in [6.07, 6.45) is 5.73. The fourth-order valence-corrected chi connectivity index (χ4v) is 5.07. The Kier molecular flexibility index (Phi) is 5.57. The van der Waals surface area contributed by atoms with Crippen molar-refractivity contribution in [1.82, 2.24) is 14.9 Å². The first-order chi connectivity index (χ1) is 15.6. The van der Waals surface area contributed by atoms with Crippen LogP contribution >= 0.6 is 0 Å². The molecule has 2 N–H and O–H groups in total. The Labute approximate surface area is 186 Å². The van der Waals surface area contributed by atoms with E-state index in [0.29, 0.717) is 42.0 Å². The van der Waals surface area contributed by atoms with Gasteiger partial charge in [-0.15, -0.1) is 0 Å². The molecule has 1 aromatic heterocycles. The molecule has 2 aliphatic rings. The maximum Gasteiger partial charge on any atom is 0.254 e. The molecule has 1 aliphatic heterocycles. The number of aliphatic hydroxyl groups is 1. The highest BCUT2D eigenvalue weighted by Gasteiger charge is 2.43. The van der Waals surface area contributed by atoms with Gasteiger partial charge in [0.25, 0.3) is 5.91 Å². The molecule has 1 saturated carbocycles. The van der Waals surface area contributed by atoms with Crippen molar-refractivity contribution >= 4 is 11.7 Å². The topological polar surface area (TPSA) is 78.4 Å². The summed E-state index contributed by atoms with van der Waals surface area (Å²) in [5.74, 6) is 0.737. The molecule has 7 heteroatoms. The van der Waals surface area contributed by atoms with E-state index < -0.39 is 6.10 Å². The number of aromatic nitrogens is 2. The number of carbonyl (C=O) groups is 1. The molecule has 2 aromatic carbocycles. The third kappa shape index (κ3) is 3.96. The molecule has 0 spiro atoms. The Morgan fingerprint density at radius 2 is 1.72 bits per heavy atom. The van der Waals surface area contributed by atoms with Gasteiger partial charge in [-0.2, -0.15) is 0 Å². The second-order valence-corrected chi connectivity index (χ2v) is 8.64. The second-order valence-electron chi connectivity index (χ2n) is 8.64. The lowest BCUT2D eigenvalue weighted by molar-refractivity contribution is 0.0727. The molecular weight excluding hydrogens is 407 g/mol. The third-order valence-electron chi connectivity index (χ3n) is 6.65. The molecule has 3 aromatic rings. The smallest absolute Gasteiger partial charge is 0.254 e. The van der Waals surface area contributed by atoms with E-state index in [2.05, 4.69) is 15.3 Å². The van der Waals surface area contributed by atoms with Crippen LogP contribution in [0.1, 0.15) is 23.2 Å². The van der Waals surface area contributed by atoms with E-state index in [1.807, 2.05) is 17.0 Å². The normalized spacial score (nSPS) is 24.8. The van der Waals surface area contributed by atoms with Crippen molar-refractivity contribution in [2.75, 3.05) is 18.4 Å². The predicted octanol–water partition coefficient (Wildman–Crippen LogP) is 3.61. The number of likely N-dealkylation sites (tertiary alicyclic amines) is 1. The minimum atomic E-state index is -0.515. The van der Waals surface area contributed by atoms with Crippen molar-refractivity contribution in [2.24, 2.45) is 11.8 Å². The molecule has 1 aliphatic carbocycles. The summed E-state index contributed by atoms with van der Waals surface area (Å²) in [6.45, 7) is 1.23. The number of fused-ring (bicyclic) bond motifs is 1. The summed E-state index contributed by atoms with van der Waals surface area (Å²) in [4.78, 5) is 23.6. The second kappa shape index (κ2) is 8.67. The van der Waals surface area contributed by atoms with Gasteiger partial charge in [0, 0.05) is 36.6 Å². The Morgan fingerprint density at radius 1 is 1.00 bits per heavy atom. The van der Waals surface area contributed by atoms with E-state index in [1.54, 1.807) is 48.9 Å². The summed E-state index contributed by atoms with van der Waals surface area (Å²) in [7, 11) is 0. The first kappa shape index (κ1) is 20.6. The number of nitrogens with one attached hydrogen (secondary N) is 1. The van der Waals surface area contributed by atoms with Gasteiger partial charge in [-0.25, -0.2) is 9.37 Å². The fraction of sp³-hybridized carbons (Fsp3) is 0.320. The van der Waals surface area contributed by atoms with Gasteiger partial charge < -0.3 is 15.3 Å². The lowest BCUT2D eigenvalue weighted by atomic mass is 9.77.